The van der Waals surface area contributed by atoms with Crippen molar-refractivity contribution in [1.29, 1.82) is 0 Å². The van der Waals surface area contributed by atoms with Gasteiger partial charge < -0.3 is 11.8 Å². The number of rotatable bonds is 0. The number of hydrogen-bond donors (Lipinski definition) is 0. The number of benzene rings is 1. The van der Waals surface area contributed by atoms with Gasteiger partial charge in [0, 0.05) is 59.0 Å². The molecule has 2 nitrogen and oxygen atoms in total. The van der Waals surface area contributed by atoms with Gasteiger partial charge in [-0.15, -0.1) is 6.07 Å². The minimum absolute atomic E-state index is 0. The Morgan fingerprint density at radius 3 is 2.40 bits per heavy atom. The van der Waals surface area contributed by atoms with Crippen LogP contribution in [0.4, 0.5) is 0 Å². The van der Waals surface area contributed by atoms with Crippen LogP contribution in [0.3, 0.4) is 0 Å². The molecule has 4 rings (SSSR count). The van der Waals surface area contributed by atoms with Gasteiger partial charge in [-0.3, -0.25) is 4.98 Å². The zero-order valence-corrected chi connectivity index (χ0v) is 16.2. The van der Waals surface area contributed by atoms with Crippen molar-refractivity contribution in [2.24, 2.45) is 0 Å². The van der Waals surface area contributed by atoms with E-state index in [1.165, 1.54) is 16.2 Å². The smallest absolute Gasteiger partial charge is 0.0619 e. The molecular formula is C16H12IrN2Y-2. The van der Waals surface area contributed by atoms with Crippen LogP contribution in [0.5, 0.6) is 0 Å². The molecule has 0 spiro atoms. The van der Waals surface area contributed by atoms with Crippen molar-refractivity contribution in [3.8, 4) is 0 Å². The number of pyridine rings is 2. The van der Waals surface area contributed by atoms with E-state index in [0.29, 0.717) is 0 Å². The molecule has 100 valence electrons. The fourth-order valence-electron chi connectivity index (χ4n) is 2.45. The fraction of sp³-hybridized carbons (Fsp3) is 0. The maximum Gasteiger partial charge on any atom is 0.0619 e. The van der Waals surface area contributed by atoms with Crippen molar-refractivity contribution in [3.05, 3.63) is 68.4 Å². The van der Waals surface area contributed by atoms with Gasteiger partial charge in [-0.05, 0) is 22.2 Å². The van der Waals surface area contributed by atoms with E-state index < -0.39 is 0 Å². The molecule has 0 fully saturated rings. The van der Waals surface area contributed by atoms with Crippen molar-refractivity contribution in [2.75, 3.05) is 0 Å². The molecule has 1 aromatic carbocycles. The van der Waals surface area contributed by atoms with E-state index in [9.17, 15) is 0 Å². The standard InChI is InChI=1S/C15H9N2.CH3.Ir.Y/c1-2-6-12-11(5-1)13-7-3-9-16-15(13)17-10-4-8-14(12)17;;;/h1-9H;1H3;;/q2*-1;;. The summed E-state index contributed by atoms with van der Waals surface area (Å²) in [5.41, 5.74) is 2.12. The Morgan fingerprint density at radius 2 is 1.60 bits per heavy atom. The minimum atomic E-state index is 0. The molecule has 0 bridgehead atoms. The Labute approximate surface area is 156 Å². The minimum Gasteiger partial charge on any atom is -0.428 e. The molecule has 0 aliphatic carbocycles. The van der Waals surface area contributed by atoms with Crippen molar-refractivity contribution in [1.82, 2.24) is 9.38 Å². The van der Waals surface area contributed by atoms with Gasteiger partial charge in [-0.25, -0.2) is 0 Å². The number of nitrogens with zero attached hydrogens (tertiary/aromatic N) is 2. The molecule has 0 N–H and O–H groups in total. The molecule has 20 heavy (non-hydrogen) atoms. The quantitative estimate of drug-likeness (QED) is 0.258. The monoisotopic (exact) mass is 514 g/mol. The first-order chi connectivity index (χ1) is 8.45. The normalized spacial score (nSPS) is 9.80. The molecule has 2 radical (unpaired) electrons. The van der Waals surface area contributed by atoms with Gasteiger partial charge in [0.15, 0.2) is 0 Å². The number of hydrogen-bond acceptors (Lipinski definition) is 1. The van der Waals surface area contributed by atoms with Gasteiger partial charge in [0.2, 0.25) is 0 Å². The summed E-state index contributed by atoms with van der Waals surface area (Å²) in [6.45, 7) is 0. The van der Waals surface area contributed by atoms with Gasteiger partial charge in [-0.2, -0.15) is 6.07 Å². The Balaban J connectivity index is 0.000000667. The summed E-state index contributed by atoms with van der Waals surface area (Å²) in [5, 5.41) is 3.66. The third kappa shape index (κ3) is 2.49. The SMILES string of the molecule is [CH3-].[Ir].[Y].[c-]1ccc2c3ccccc3c3cccnc3n12. The average Bonchev–Trinajstić information content (AvgIpc) is 2.89. The molecular weight excluding hydrogens is 501 g/mol. The third-order valence-electron chi connectivity index (χ3n) is 3.18. The summed E-state index contributed by atoms with van der Waals surface area (Å²) in [6, 6.07) is 16.5. The van der Waals surface area contributed by atoms with E-state index >= 15 is 0 Å². The summed E-state index contributed by atoms with van der Waals surface area (Å²) in [5.74, 6) is 0. The first-order valence-corrected chi connectivity index (χ1v) is 5.60. The molecule has 3 heterocycles. The summed E-state index contributed by atoms with van der Waals surface area (Å²) in [7, 11) is 0. The topological polar surface area (TPSA) is 17.3 Å². The van der Waals surface area contributed by atoms with Crippen molar-refractivity contribution < 1.29 is 52.8 Å². The zero-order chi connectivity index (χ0) is 11.2. The Hall–Kier alpha value is -0.597. The molecule has 0 aliphatic heterocycles. The number of fused-ring (bicyclic) bond motifs is 6. The number of aromatic nitrogens is 2. The van der Waals surface area contributed by atoms with Crippen LogP contribution >= 0.6 is 0 Å². The Bertz CT molecular complexity index is 785. The first-order valence-electron chi connectivity index (χ1n) is 5.60. The van der Waals surface area contributed by atoms with Crippen LogP contribution in [0, 0.1) is 13.6 Å². The third-order valence-corrected chi connectivity index (χ3v) is 3.18. The van der Waals surface area contributed by atoms with Crippen LogP contribution < -0.4 is 0 Å². The van der Waals surface area contributed by atoms with Crippen LogP contribution in [0.1, 0.15) is 0 Å². The molecule has 0 aliphatic rings. The zero-order valence-electron chi connectivity index (χ0n) is 11.0. The van der Waals surface area contributed by atoms with E-state index in [0.717, 1.165) is 11.2 Å². The molecule has 4 aromatic rings. The van der Waals surface area contributed by atoms with Crippen molar-refractivity contribution >= 4 is 27.3 Å². The van der Waals surface area contributed by atoms with Gasteiger partial charge in [0.1, 0.15) is 0 Å². The van der Waals surface area contributed by atoms with Crippen LogP contribution in [0.15, 0.2) is 54.7 Å². The second-order valence-corrected chi connectivity index (χ2v) is 4.10. The van der Waals surface area contributed by atoms with Gasteiger partial charge in [0.05, 0.1) is 5.65 Å². The maximum absolute atomic E-state index is 4.46. The molecule has 0 atom stereocenters. The first kappa shape index (κ1) is 17.5. The predicted octanol–water partition coefficient (Wildman–Crippen LogP) is 3.89. The Morgan fingerprint density at radius 1 is 0.900 bits per heavy atom. The molecule has 0 saturated heterocycles. The maximum atomic E-state index is 4.46. The average molecular weight is 513 g/mol. The molecule has 0 saturated carbocycles. The summed E-state index contributed by atoms with van der Waals surface area (Å²) >= 11 is 0. The van der Waals surface area contributed by atoms with E-state index in [1.54, 1.807) is 0 Å². The second kappa shape index (κ2) is 6.91. The summed E-state index contributed by atoms with van der Waals surface area (Å²) in [6.07, 6.45) is 5.03. The Kier molecular flexibility index (Phi) is 6.03. The second-order valence-electron chi connectivity index (χ2n) is 4.10. The van der Waals surface area contributed by atoms with E-state index in [1.807, 2.05) is 22.7 Å². The molecule has 0 unspecified atom stereocenters. The van der Waals surface area contributed by atoms with Gasteiger partial charge >= 0.3 is 0 Å². The van der Waals surface area contributed by atoms with Crippen LogP contribution in [-0.2, 0) is 52.8 Å². The van der Waals surface area contributed by atoms with Crippen molar-refractivity contribution in [2.45, 2.75) is 0 Å². The van der Waals surface area contributed by atoms with Gasteiger partial charge in [-0.1, -0.05) is 42.0 Å². The van der Waals surface area contributed by atoms with E-state index in [4.69, 9.17) is 0 Å². The molecule has 3 aromatic heterocycles. The van der Waals surface area contributed by atoms with Crippen LogP contribution in [-0.4, -0.2) is 9.38 Å². The van der Waals surface area contributed by atoms with Gasteiger partial charge in [0.25, 0.3) is 0 Å². The fourth-order valence-corrected chi connectivity index (χ4v) is 2.45. The van der Waals surface area contributed by atoms with E-state index in [-0.39, 0.29) is 60.2 Å². The summed E-state index contributed by atoms with van der Waals surface area (Å²) in [4.78, 5) is 4.46. The predicted molar refractivity (Wildman–Crippen MR) is 75.5 cm³/mol. The van der Waals surface area contributed by atoms with Crippen LogP contribution in [0.25, 0.3) is 27.3 Å². The van der Waals surface area contributed by atoms with E-state index in [2.05, 4.69) is 47.6 Å². The largest absolute Gasteiger partial charge is 0.428 e. The van der Waals surface area contributed by atoms with Crippen LogP contribution in [0.2, 0.25) is 0 Å². The summed E-state index contributed by atoms with van der Waals surface area (Å²) < 4.78 is 2.03. The molecule has 4 heteroatoms. The van der Waals surface area contributed by atoms with Crippen molar-refractivity contribution in [3.63, 3.8) is 0 Å². The molecule has 0 amide bonds.